The highest BCUT2D eigenvalue weighted by molar-refractivity contribution is 7.08. The van der Waals surface area contributed by atoms with Crippen molar-refractivity contribution in [2.75, 3.05) is 6.54 Å². The molecule has 2 aromatic heterocycles. The molecule has 0 aliphatic rings. The normalized spacial score (nSPS) is 12.9. The zero-order valence-corrected chi connectivity index (χ0v) is 10.5. The molecule has 3 heteroatoms. The first-order valence-corrected chi connectivity index (χ1v) is 6.56. The van der Waals surface area contributed by atoms with Crippen LogP contribution >= 0.6 is 11.3 Å². The van der Waals surface area contributed by atoms with Crippen LogP contribution in [0.5, 0.6) is 0 Å². The molecule has 0 aliphatic carbocycles. The van der Waals surface area contributed by atoms with Crippen molar-refractivity contribution in [3.05, 3.63) is 46.0 Å². The Hall–Kier alpha value is -1.06. The fraction of sp³-hybridized carbons (Fsp3) is 0.385. The van der Waals surface area contributed by atoms with Gasteiger partial charge in [-0.15, -0.1) is 0 Å². The van der Waals surface area contributed by atoms with Crippen molar-refractivity contribution in [2.45, 2.75) is 26.3 Å². The van der Waals surface area contributed by atoms with Crippen molar-refractivity contribution in [3.63, 3.8) is 0 Å². The lowest BCUT2D eigenvalue weighted by molar-refractivity contribution is 0.524. The molecule has 2 heterocycles. The van der Waals surface area contributed by atoms with Gasteiger partial charge in [0, 0.05) is 5.56 Å². The van der Waals surface area contributed by atoms with Gasteiger partial charge in [-0.25, -0.2) is 0 Å². The highest BCUT2D eigenvalue weighted by Crippen LogP contribution is 2.25. The van der Waals surface area contributed by atoms with Gasteiger partial charge >= 0.3 is 0 Å². The maximum atomic E-state index is 5.39. The third-order valence-corrected chi connectivity index (χ3v) is 3.26. The molecule has 0 bridgehead atoms. The SMILES string of the molecule is CCCNC(c1ccsc1)c1coc(C)c1. The van der Waals surface area contributed by atoms with E-state index >= 15 is 0 Å². The number of thiophene rings is 1. The molecular formula is C13H17NOS. The summed E-state index contributed by atoms with van der Waals surface area (Å²) >= 11 is 1.73. The Morgan fingerprint density at radius 1 is 1.44 bits per heavy atom. The summed E-state index contributed by atoms with van der Waals surface area (Å²) in [5.41, 5.74) is 2.53. The van der Waals surface area contributed by atoms with Gasteiger partial charge in [0.15, 0.2) is 0 Å². The van der Waals surface area contributed by atoms with Crippen LogP contribution < -0.4 is 5.32 Å². The van der Waals surface area contributed by atoms with E-state index in [1.54, 1.807) is 11.3 Å². The van der Waals surface area contributed by atoms with Gasteiger partial charge in [-0.2, -0.15) is 11.3 Å². The average Bonchev–Trinajstić information content (AvgIpc) is 2.91. The Balaban J connectivity index is 2.21. The minimum Gasteiger partial charge on any atom is -0.469 e. The van der Waals surface area contributed by atoms with Crippen LogP contribution in [0.1, 0.15) is 36.3 Å². The first-order chi connectivity index (χ1) is 7.81. The molecule has 0 radical (unpaired) electrons. The second-order valence-electron chi connectivity index (χ2n) is 3.93. The minimum atomic E-state index is 0.267. The Morgan fingerprint density at radius 2 is 2.31 bits per heavy atom. The summed E-state index contributed by atoms with van der Waals surface area (Å²) in [4.78, 5) is 0. The Kier molecular flexibility index (Phi) is 3.80. The molecule has 0 aromatic carbocycles. The van der Waals surface area contributed by atoms with Gasteiger partial charge in [0.05, 0.1) is 12.3 Å². The van der Waals surface area contributed by atoms with Crippen LogP contribution in [0.4, 0.5) is 0 Å². The van der Waals surface area contributed by atoms with Crippen molar-refractivity contribution in [2.24, 2.45) is 0 Å². The first-order valence-electron chi connectivity index (χ1n) is 5.61. The summed E-state index contributed by atoms with van der Waals surface area (Å²) in [6.45, 7) is 5.18. The molecule has 0 amide bonds. The van der Waals surface area contributed by atoms with Crippen molar-refractivity contribution in [3.8, 4) is 0 Å². The molecule has 0 aliphatic heterocycles. The number of hydrogen-bond acceptors (Lipinski definition) is 3. The third-order valence-electron chi connectivity index (χ3n) is 2.56. The number of nitrogens with one attached hydrogen (secondary N) is 1. The predicted molar refractivity (Wildman–Crippen MR) is 67.9 cm³/mol. The number of rotatable bonds is 5. The van der Waals surface area contributed by atoms with Crippen LogP contribution in [0.3, 0.4) is 0 Å². The molecule has 1 unspecified atom stereocenters. The first kappa shape index (κ1) is 11.4. The Morgan fingerprint density at radius 3 is 2.88 bits per heavy atom. The fourth-order valence-electron chi connectivity index (χ4n) is 1.77. The molecule has 0 saturated carbocycles. The van der Waals surface area contributed by atoms with E-state index in [9.17, 15) is 0 Å². The molecular weight excluding hydrogens is 218 g/mol. The molecule has 0 fully saturated rings. The van der Waals surface area contributed by atoms with E-state index < -0.39 is 0 Å². The average molecular weight is 235 g/mol. The van der Waals surface area contributed by atoms with Gasteiger partial charge in [-0.3, -0.25) is 0 Å². The van der Waals surface area contributed by atoms with Gasteiger partial charge in [-0.1, -0.05) is 6.92 Å². The highest BCUT2D eigenvalue weighted by atomic mass is 32.1. The molecule has 2 nitrogen and oxygen atoms in total. The van der Waals surface area contributed by atoms with E-state index in [4.69, 9.17) is 4.42 Å². The van der Waals surface area contributed by atoms with Crippen molar-refractivity contribution in [1.29, 1.82) is 0 Å². The molecule has 2 rings (SSSR count). The van der Waals surface area contributed by atoms with Crippen LogP contribution in [0.25, 0.3) is 0 Å². The summed E-state index contributed by atoms with van der Waals surface area (Å²) in [6.07, 6.45) is 2.98. The van der Waals surface area contributed by atoms with Gasteiger partial charge in [0.2, 0.25) is 0 Å². The molecule has 0 saturated heterocycles. The lowest BCUT2D eigenvalue weighted by Crippen LogP contribution is -2.22. The second-order valence-corrected chi connectivity index (χ2v) is 4.71. The summed E-state index contributed by atoms with van der Waals surface area (Å²) in [5, 5.41) is 7.85. The lowest BCUT2D eigenvalue weighted by Gasteiger charge is -2.15. The van der Waals surface area contributed by atoms with Gasteiger partial charge < -0.3 is 9.73 Å². The van der Waals surface area contributed by atoms with Crippen LogP contribution in [-0.4, -0.2) is 6.54 Å². The van der Waals surface area contributed by atoms with Gasteiger partial charge in [0.1, 0.15) is 5.76 Å². The van der Waals surface area contributed by atoms with E-state index in [0.717, 1.165) is 18.7 Å². The maximum Gasteiger partial charge on any atom is 0.101 e. The van der Waals surface area contributed by atoms with Crippen LogP contribution in [0.2, 0.25) is 0 Å². The van der Waals surface area contributed by atoms with E-state index in [1.165, 1.54) is 11.1 Å². The fourth-order valence-corrected chi connectivity index (χ4v) is 2.46. The predicted octanol–water partition coefficient (Wildman–Crippen LogP) is 3.74. The summed E-state index contributed by atoms with van der Waals surface area (Å²) in [7, 11) is 0. The van der Waals surface area contributed by atoms with E-state index in [2.05, 4.69) is 35.1 Å². The molecule has 86 valence electrons. The second kappa shape index (κ2) is 5.32. The van der Waals surface area contributed by atoms with E-state index in [1.807, 2.05) is 13.2 Å². The summed E-state index contributed by atoms with van der Waals surface area (Å²) in [5.74, 6) is 0.966. The zero-order chi connectivity index (χ0) is 11.4. The molecule has 1 atom stereocenters. The molecule has 0 spiro atoms. The van der Waals surface area contributed by atoms with Gasteiger partial charge in [-0.05, 0) is 48.3 Å². The standard InChI is InChI=1S/C13H17NOS/c1-3-5-14-13(11-4-6-16-9-11)12-7-10(2)15-8-12/h4,6-9,13-14H,3,5H2,1-2H3. The largest absolute Gasteiger partial charge is 0.469 e. The van der Waals surface area contributed by atoms with Crippen molar-refractivity contribution < 1.29 is 4.42 Å². The van der Waals surface area contributed by atoms with Crippen LogP contribution in [0, 0.1) is 6.92 Å². The Labute approximate surface area is 100 Å². The van der Waals surface area contributed by atoms with Crippen LogP contribution in [-0.2, 0) is 0 Å². The van der Waals surface area contributed by atoms with E-state index in [-0.39, 0.29) is 6.04 Å². The maximum absolute atomic E-state index is 5.39. The zero-order valence-electron chi connectivity index (χ0n) is 9.69. The van der Waals surface area contributed by atoms with E-state index in [0.29, 0.717) is 0 Å². The third kappa shape index (κ3) is 2.54. The summed E-state index contributed by atoms with van der Waals surface area (Å²) < 4.78 is 5.39. The smallest absolute Gasteiger partial charge is 0.101 e. The van der Waals surface area contributed by atoms with Crippen molar-refractivity contribution >= 4 is 11.3 Å². The summed E-state index contributed by atoms with van der Waals surface area (Å²) in [6, 6.07) is 4.54. The van der Waals surface area contributed by atoms with Crippen molar-refractivity contribution in [1.82, 2.24) is 5.32 Å². The lowest BCUT2D eigenvalue weighted by atomic mass is 10.0. The molecule has 1 N–H and O–H groups in total. The minimum absolute atomic E-state index is 0.267. The quantitative estimate of drug-likeness (QED) is 0.854. The molecule has 2 aromatic rings. The number of furan rings is 1. The number of hydrogen-bond donors (Lipinski definition) is 1. The highest BCUT2D eigenvalue weighted by Gasteiger charge is 2.15. The Bertz CT molecular complexity index is 419. The molecule has 16 heavy (non-hydrogen) atoms. The monoisotopic (exact) mass is 235 g/mol. The van der Waals surface area contributed by atoms with Crippen LogP contribution in [0.15, 0.2) is 33.6 Å². The topological polar surface area (TPSA) is 25.2 Å². The van der Waals surface area contributed by atoms with Gasteiger partial charge in [0.25, 0.3) is 0 Å². The number of aryl methyl sites for hydroxylation is 1.